The average molecular weight is 408 g/mol. The molecule has 1 aromatic carbocycles. The summed E-state index contributed by atoms with van der Waals surface area (Å²) in [5.41, 5.74) is -1.30. The van der Waals surface area contributed by atoms with Crippen molar-refractivity contribution in [3.05, 3.63) is 53.5 Å². The van der Waals surface area contributed by atoms with Crippen LogP contribution in [-0.2, 0) is 13.1 Å². The molecule has 3 aromatic rings. The maximum Gasteiger partial charge on any atom is 0.261 e. The highest BCUT2D eigenvalue weighted by Crippen LogP contribution is 2.26. The lowest BCUT2D eigenvalue weighted by Gasteiger charge is -2.21. The Morgan fingerprint density at radius 1 is 0.533 bits per heavy atom. The van der Waals surface area contributed by atoms with Crippen LogP contribution in [0.2, 0.25) is 0 Å². The van der Waals surface area contributed by atoms with Crippen LogP contribution in [0.1, 0.15) is 64.2 Å². The van der Waals surface area contributed by atoms with Gasteiger partial charge in [0.2, 0.25) is 0 Å². The van der Waals surface area contributed by atoms with Crippen LogP contribution in [0.4, 0.5) is 0 Å². The van der Waals surface area contributed by atoms with E-state index in [-0.39, 0.29) is 43.8 Å². The summed E-state index contributed by atoms with van der Waals surface area (Å²) in [7, 11) is 0. The lowest BCUT2D eigenvalue weighted by atomic mass is 9.89. The van der Waals surface area contributed by atoms with Crippen LogP contribution in [0.5, 0.6) is 0 Å². The van der Waals surface area contributed by atoms with Crippen molar-refractivity contribution in [2.45, 2.75) is 77.3 Å². The first-order valence-corrected chi connectivity index (χ1v) is 11.4. The monoisotopic (exact) mass is 408 g/mol. The molecule has 0 N–H and O–H groups in total. The highest BCUT2D eigenvalue weighted by molar-refractivity contribution is 5.97. The van der Waals surface area contributed by atoms with Crippen LogP contribution in [0.25, 0.3) is 21.5 Å². The van der Waals surface area contributed by atoms with Gasteiger partial charge in [0, 0.05) is 13.1 Å². The van der Waals surface area contributed by atoms with Gasteiger partial charge < -0.3 is 0 Å². The highest BCUT2D eigenvalue weighted by atomic mass is 16.2. The minimum absolute atomic E-state index is 0.273. The van der Waals surface area contributed by atoms with Crippen LogP contribution in [0.3, 0.4) is 0 Å². The molecule has 2 aliphatic rings. The largest absolute Gasteiger partial charge is 0.274 e. The third-order valence-corrected chi connectivity index (χ3v) is 7.39. The van der Waals surface area contributed by atoms with Crippen molar-refractivity contribution in [3.63, 3.8) is 0 Å². The van der Waals surface area contributed by atoms with E-state index >= 15 is 0 Å². The van der Waals surface area contributed by atoms with Gasteiger partial charge in [-0.1, -0.05) is 38.5 Å². The number of rotatable bonds is 4. The molecule has 158 valence electrons. The molecule has 0 atom stereocenters. The van der Waals surface area contributed by atoms with Gasteiger partial charge in [-0.3, -0.25) is 28.3 Å². The Balaban J connectivity index is 1.58. The van der Waals surface area contributed by atoms with Crippen LogP contribution < -0.4 is 22.2 Å². The normalized spacial score (nSPS) is 19.2. The maximum atomic E-state index is 13.0. The van der Waals surface area contributed by atoms with Crippen molar-refractivity contribution in [1.29, 1.82) is 0 Å². The lowest BCUT2D eigenvalue weighted by molar-refractivity contribution is 0.315. The summed E-state index contributed by atoms with van der Waals surface area (Å²) in [6.45, 7) is 0.874. The number of fused-ring (bicyclic) bond motifs is 2. The SMILES string of the molecule is O=c1c2cc3c(=O)n(CC4CCCCC4)c(=O)c3cc2c(=O)n1CC1CCCCC1. The van der Waals surface area contributed by atoms with Gasteiger partial charge in [0.1, 0.15) is 0 Å². The molecule has 0 radical (unpaired) electrons. The van der Waals surface area contributed by atoms with Crippen molar-refractivity contribution in [2.75, 3.05) is 0 Å². The minimum atomic E-state index is -0.325. The summed E-state index contributed by atoms with van der Waals surface area (Å²) < 4.78 is 2.65. The quantitative estimate of drug-likeness (QED) is 0.665. The van der Waals surface area contributed by atoms with Crippen LogP contribution in [0.15, 0.2) is 31.3 Å². The fraction of sp³-hybridized carbons (Fsp3) is 0.583. The van der Waals surface area contributed by atoms with Gasteiger partial charge in [-0.15, -0.1) is 0 Å². The molecule has 0 spiro atoms. The minimum Gasteiger partial charge on any atom is -0.274 e. The standard InChI is InChI=1S/C24H28N2O4/c27-21-17-11-19-20(24(30)26(23(19)29)14-16-9-5-2-6-10-16)12-18(17)22(28)25(21)13-15-7-3-1-4-8-15/h11-12,15-16H,1-10,13-14H2. The van der Waals surface area contributed by atoms with Gasteiger partial charge in [-0.25, -0.2) is 0 Å². The summed E-state index contributed by atoms with van der Waals surface area (Å²) in [5, 5.41) is 1.09. The van der Waals surface area contributed by atoms with E-state index in [1.165, 1.54) is 34.1 Å². The number of hydrogen-bond donors (Lipinski definition) is 0. The van der Waals surface area contributed by atoms with E-state index in [0.29, 0.717) is 24.9 Å². The van der Waals surface area contributed by atoms with Crippen LogP contribution in [-0.4, -0.2) is 9.13 Å². The number of benzene rings is 1. The first-order valence-electron chi connectivity index (χ1n) is 11.4. The number of hydrogen-bond acceptors (Lipinski definition) is 4. The van der Waals surface area contributed by atoms with E-state index in [2.05, 4.69) is 0 Å². The zero-order valence-corrected chi connectivity index (χ0v) is 17.3. The molecule has 0 bridgehead atoms. The van der Waals surface area contributed by atoms with E-state index in [1.807, 2.05) is 0 Å². The van der Waals surface area contributed by atoms with Gasteiger partial charge in [-0.2, -0.15) is 0 Å². The Morgan fingerprint density at radius 2 is 0.833 bits per heavy atom. The van der Waals surface area contributed by atoms with Gasteiger partial charge >= 0.3 is 0 Å². The van der Waals surface area contributed by atoms with Crippen molar-refractivity contribution < 1.29 is 0 Å². The van der Waals surface area contributed by atoms with Gasteiger partial charge in [-0.05, 0) is 49.7 Å². The van der Waals surface area contributed by atoms with E-state index < -0.39 is 0 Å². The molecule has 30 heavy (non-hydrogen) atoms. The summed E-state index contributed by atoms with van der Waals surface area (Å²) in [5.74, 6) is 0.698. The topological polar surface area (TPSA) is 78.1 Å². The predicted octanol–water partition coefficient (Wildman–Crippen LogP) is 3.07. The van der Waals surface area contributed by atoms with Crippen molar-refractivity contribution in [2.24, 2.45) is 11.8 Å². The first-order chi connectivity index (χ1) is 14.5. The Bertz CT molecular complexity index is 1120. The molecular formula is C24H28N2O4. The highest BCUT2D eigenvalue weighted by Gasteiger charge is 2.23. The van der Waals surface area contributed by atoms with Crippen molar-refractivity contribution >= 4 is 21.5 Å². The Morgan fingerprint density at radius 3 is 1.13 bits per heavy atom. The third-order valence-electron chi connectivity index (χ3n) is 7.39. The summed E-state index contributed by atoms with van der Waals surface area (Å²) in [6, 6.07) is 2.99. The van der Waals surface area contributed by atoms with E-state index in [9.17, 15) is 19.2 Å². The second-order valence-electron chi connectivity index (χ2n) is 9.39. The molecule has 0 aliphatic heterocycles. The summed E-state index contributed by atoms with van der Waals surface area (Å²) >= 11 is 0. The van der Waals surface area contributed by atoms with Gasteiger partial charge in [0.05, 0.1) is 21.5 Å². The fourth-order valence-corrected chi connectivity index (χ4v) is 5.66. The van der Waals surface area contributed by atoms with Crippen molar-refractivity contribution in [1.82, 2.24) is 9.13 Å². The molecular weight excluding hydrogens is 380 g/mol. The summed E-state index contributed by atoms with van der Waals surface area (Å²) in [4.78, 5) is 51.9. The van der Waals surface area contributed by atoms with E-state index in [0.717, 1.165) is 51.4 Å². The fourth-order valence-electron chi connectivity index (χ4n) is 5.66. The Labute approximate surface area is 173 Å². The predicted molar refractivity (Wildman–Crippen MR) is 118 cm³/mol. The Kier molecular flexibility index (Phi) is 4.95. The second kappa shape index (κ2) is 7.64. The molecule has 5 rings (SSSR count). The number of nitrogens with zero attached hydrogens (tertiary/aromatic N) is 2. The second-order valence-corrected chi connectivity index (χ2v) is 9.39. The molecule has 2 fully saturated rings. The molecule has 0 unspecified atom stereocenters. The lowest BCUT2D eigenvalue weighted by Crippen LogP contribution is -2.30. The number of aromatic nitrogens is 2. The summed E-state index contributed by atoms with van der Waals surface area (Å²) in [6.07, 6.45) is 11.1. The third kappa shape index (κ3) is 3.17. The van der Waals surface area contributed by atoms with E-state index in [1.54, 1.807) is 0 Å². The smallest absolute Gasteiger partial charge is 0.261 e. The van der Waals surface area contributed by atoms with E-state index in [4.69, 9.17) is 0 Å². The molecule has 6 nitrogen and oxygen atoms in total. The molecule has 2 heterocycles. The van der Waals surface area contributed by atoms with Crippen molar-refractivity contribution in [3.8, 4) is 0 Å². The molecule has 0 amide bonds. The molecule has 6 heteroatoms. The molecule has 2 saturated carbocycles. The van der Waals surface area contributed by atoms with Gasteiger partial charge in [0.15, 0.2) is 0 Å². The maximum absolute atomic E-state index is 13.0. The molecule has 2 aliphatic carbocycles. The van der Waals surface area contributed by atoms with Crippen LogP contribution >= 0.6 is 0 Å². The Hall–Kier alpha value is -2.50. The zero-order valence-electron chi connectivity index (χ0n) is 17.3. The van der Waals surface area contributed by atoms with Gasteiger partial charge in [0.25, 0.3) is 22.2 Å². The van der Waals surface area contributed by atoms with Crippen LogP contribution in [0, 0.1) is 11.8 Å². The first kappa shape index (κ1) is 19.5. The molecule has 2 aromatic heterocycles. The zero-order chi connectivity index (χ0) is 20.8. The molecule has 0 saturated heterocycles. The average Bonchev–Trinajstić information content (AvgIpc) is 3.14.